The lowest BCUT2D eigenvalue weighted by molar-refractivity contribution is -0.00175. The highest BCUT2D eigenvalue weighted by Crippen LogP contribution is 2.23. The maximum absolute atomic E-state index is 9.74. The minimum Gasteiger partial charge on any atom is -0.386 e. The van der Waals surface area contributed by atoms with Crippen molar-refractivity contribution in [1.29, 1.82) is 0 Å². The van der Waals surface area contributed by atoms with E-state index < -0.39 is 12.2 Å². The molecule has 2 aliphatic carbocycles. The zero-order valence-electron chi connectivity index (χ0n) is 15.3. The van der Waals surface area contributed by atoms with Gasteiger partial charge in [-0.2, -0.15) is 0 Å². The van der Waals surface area contributed by atoms with E-state index >= 15 is 0 Å². The van der Waals surface area contributed by atoms with E-state index in [1.807, 2.05) is 12.2 Å². The largest absolute Gasteiger partial charge is 0.386 e. The third-order valence-electron chi connectivity index (χ3n) is 5.00. The Hall–Kier alpha value is -1.20. The van der Waals surface area contributed by atoms with Crippen LogP contribution in [0.5, 0.6) is 0 Å². The standard InChI is InChI=1S/C21H32O4/c1-24-20-14-16(10-12-18(20)22)8-6-4-3-5-7-9-17-11-13-19(23)21(15-17)25-2/h6-13,16-23H,3-5,14-15H2,1-2H3/b8-6+,9-7+. The number of methoxy groups -OCH3 is 2. The smallest absolute Gasteiger partial charge is 0.0983 e. The van der Waals surface area contributed by atoms with Crippen molar-refractivity contribution >= 4 is 0 Å². The number of allylic oxidation sites excluding steroid dienone is 6. The molecule has 0 spiro atoms. The van der Waals surface area contributed by atoms with Crippen LogP contribution in [0.25, 0.3) is 0 Å². The van der Waals surface area contributed by atoms with Crippen LogP contribution in [0.1, 0.15) is 32.1 Å². The van der Waals surface area contributed by atoms with Crippen molar-refractivity contribution in [1.82, 2.24) is 0 Å². The van der Waals surface area contributed by atoms with Crippen molar-refractivity contribution in [3.8, 4) is 0 Å². The Kier molecular flexibility index (Phi) is 8.62. The Morgan fingerprint density at radius 1 is 0.800 bits per heavy atom. The first kappa shape index (κ1) is 20.1. The van der Waals surface area contributed by atoms with E-state index in [1.54, 1.807) is 14.2 Å². The van der Waals surface area contributed by atoms with Crippen molar-refractivity contribution in [2.24, 2.45) is 11.8 Å². The van der Waals surface area contributed by atoms with Crippen LogP contribution in [0.3, 0.4) is 0 Å². The van der Waals surface area contributed by atoms with Crippen molar-refractivity contribution in [3.63, 3.8) is 0 Å². The van der Waals surface area contributed by atoms with Gasteiger partial charge in [0.2, 0.25) is 0 Å². The Morgan fingerprint density at radius 3 is 1.64 bits per heavy atom. The number of hydrogen-bond donors (Lipinski definition) is 2. The molecule has 0 bridgehead atoms. The van der Waals surface area contributed by atoms with Gasteiger partial charge in [0, 0.05) is 14.2 Å². The van der Waals surface area contributed by atoms with Crippen LogP contribution < -0.4 is 0 Å². The van der Waals surface area contributed by atoms with Gasteiger partial charge in [-0.1, -0.05) is 48.6 Å². The molecule has 0 heterocycles. The summed E-state index contributed by atoms with van der Waals surface area (Å²) in [5, 5.41) is 19.5. The molecule has 0 aliphatic heterocycles. The number of aliphatic hydroxyl groups excluding tert-OH is 2. The normalized spacial score (nSPS) is 35.8. The molecule has 2 aliphatic rings. The topological polar surface area (TPSA) is 58.9 Å². The molecule has 0 radical (unpaired) electrons. The van der Waals surface area contributed by atoms with Gasteiger partial charge < -0.3 is 19.7 Å². The summed E-state index contributed by atoms with van der Waals surface area (Å²) < 4.78 is 10.6. The summed E-state index contributed by atoms with van der Waals surface area (Å²) in [6.07, 6.45) is 20.4. The molecule has 6 atom stereocenters. The van der Waals surface area contributed by atoms with Crippen LogP contribution in [0.2, 0.25) is 0 Å². The molecule has 0 aromatic carbocycles. The van der Waals surface area contributed by atoms with Gasteiger partial charge in [0.05, 0.1) is 24.4 Å². The molecule has 4 nitrogen and oxygen atoms in total. The zero-order chi connectivity index (χ0) is 18.1. The molecular weight excluding hydrogens is 316 g/mol. The predicted octanol–water partition coefficient (Wildman–Crippen LogP) is 3.17. The first-order valence-electron chi connectivity index (χ1n) is 9.25. The van der Waals surface area contributed by atoms with E-state index in [-0.39, 0.29) is 12.2 Å². The molecular formula is C21H32O4. The van der Waals surface area contributed by atoms with Gasteiger partial charge in [0.15, 0.2) is 0 Å². The van der Waals surface area contributed by atoms with Gasteiger partial charge in [-0.05, 0) is 43.9 Å². The van der Waals surface area contributed by atoms with E-state index in [0.717, 1.165) is 32.1 Å². The number of unbranched alkanes of at least 4 members (excludes halogenated alkanes) is 2. The van der Waals surface area contributed by atoms with Gasteiger partial charge >= 0.3 is 0 Å². The van der Waals surface area contributed by atoms with Crippen molar-refractivity contribution in [3.05, 3.63) is 48.6 Å². The zero-order valence-corrected chi connectivity index (χ0v) is 15.3. The van der Waals surface area contributed by atoms with Gasteiger partial charge in [0.1, 0.15) is 0 Å². The Bertz CT molecular complexity index is 450. The number of ether oxygens (including phenoxy) is 2. The first-order valence-corrected chi connectivity index (χ1v) is 9.25. The summed E-state index contributed by atoms with van der Waals surface area (Å²) in [6, 6.07) is 0. The van der Waals surface area contributed by atoms with E-state index in [1.165, 1.54) is 0 Å². The van der Waals surface area contributed by atoms with Gasteiger partial charge in [-0.15, -0.1) is 0 Å². The van der Waals surface area contributed by atoms with Crippen LogP contribution in [0.15, 0.2) is 48.6 Å². The first-order chi connectivity index (χ1) is 12.1. The molecule has 2 rings (SSSR count). The highest BCUT2D eigenvalue weighted by Gasteiger charge is 2.23. The van der Waals surface area contributed by atoms with Gasteiger partial charge in [-0.25, -0.2) is 0 Å². The van der Waals surface area contributed by atoms with Crippen LogP contribution in [-0.2, 0) is 9.47 Å². The molecule has 0 aromatic rings. The fourth-order valence-electron chi connectivity index (χ4n) is 3.39. The highest BCUT2D eigenvalue weighted by atomic mass is 16.5. The minimum atomic E-state index is -0.479. The monoisotopic (exact) mass is 348 g/mol. The van der Waals surface area contributed by atoms with E-state index in [2.05, 4.69) is 36.5 Å². The fourth-order valence-corrected chi connectivity index (χ4v) is 3.39. The van der Waals surface area contributed by atoms with Crippen LogP contribution in [-0.4, -0.2) is 48.8 Å². The second kappa shape index (κ2) is 10.7. The van der Waals surface area contributed by atoms with E-state index in [0.29, 0.717) is 11.8 Å². The Morgan fingerprint density at radius 2 is 1.24 bits per heavy atom. The van der Waals surface area contributed by atoms with Crippen molar-refractivity contribution in [2.45, 2.75) is 56.5 Å². The molecule has 2 N–H and O–H groups in total. The third-order valence-corrected chi connectivity index (χ3v) is 5.00. The van der Waals surface area contributed by atoms with Gasteiger partial charge in [0.25, 0.3) is 0 Å². The van der Waals surface area contributed by atoms with Crippen molar-refractivity contribution in [2.75, 3.05) is 14.2 Å². The molecule has 4 heteroatoms. The lowest BCUT2D eigenvalue weighted by Gasteiger charge is -2.26. The average molecular weight is 348 g/mol. The number of hydrogen-bond acceptors (Lipinski definition) is 4. The molecule has 140 valence electrons. The lowest BCUT2D eigenvalue weighted by atomic mass is 9.91. The molecule has 0 aromatic heterocycles. The average Bonchev–Trinajstić information content (AvgIpc) is 2.63. The molecule has 0 saturated carbocycles. The minimum absolute atomic E-state index is 0.0967. The number of rotatable bonds is 8. The summed E-state index contributed by atoms with van der Waals surface area (Å²) in [7, 11) is 3.30. The lowest BCUT2D eigenvalue weighted by Crippen LogP contribution is -2.31. The molecule has 0 fully saturated rings. The van der Waals surface area contributed by atoms with E-state index in [9.17, 15) is 10.2 Å². The van der Waals surface area contributed by atoms with Crippen LogP contribution >= 0.6 is 0 Å². The maximum atomic E-state index is 9.74. The summed E-state index contributed by atoms with van der Waals surface area (Å²) in [6.45, 7) is 0. The Labute approximate surface area is 151 Å². The summed E-state index contributed by atoms with van der Waals surface area (Å²) in [4.78, 5) is 0. The van der Waals surface area contributed by atoms with E-state index in [4.69, 9.17) is 9.47 Å². The number of aliphatic hydroxyl groups is 2. The second-order valence-corrected chi connectivity index (χ2v) is 6.89. The maximum Gasteiger partial charge on any atom is 0.0983 e. The third kappa shape index (κ3) is 6.55. The second-order valence-electron chi connectivity index (χ2n) is 6.89. The quantitative estimate of drug-likeness (QED) is 0.522. The molecule has 0 amide bonds. The predicted molar refractivity (Wildman–Crippen MR) is 100 cm³/mol. The summed E-state index contributed by atoms with van der Waals surface area (Å²) in [5.74, 6) is 0.711. The molecule has 0 saturated heterocycles. The van der Waals surface area contributed by atoms with Crippen LogP contribution in [0, 0.1) is 11.8 Å². The highest BCUT2D eigenvalue weighted by molar-refractivity contribution is 5.10. The van der Waals surface area contributed by atoms with Gasteiger partial charge in [-0.3, -0.25) is 0 Å². The molecule has 6 unspecified atom stereocenters. The Balaban J connectivity index is 1.63. The van der Waals surface area contributed by atoms with Crippen LogP contribution in [0.4, 0.5) is 0 Å². The SMILES string of the molecule is COC1CC(/C=C/CCC/C=C/C2C=CC(O)C(OC)C2)C=CC1O. The van der Waals surface area contributed by atoms with Crippen molar-refractivity contribution < 1.29 is 19.7 Å². The fraction of sp³-hybridized carbons (Fsp3) is 0.619. The summed E-state index contributed by atoms with van der Waals surface area (Å²) >= 11 is 0. The summed E-state index contributed by atoms with van der Waals surface area (Å²) in [5.41, 5.74) is 0. The molecule has 25 heavy (non-hydrogen) atoms.